The molecule has 0 aromatic heterocycles. The Labute approximate surface area is 213 Å². The van der Waals surface area contributed by atoms with Crippen molar-refractivity contribution in [3.05, 3.63) is 89.1 Å². The maximum Gasteiger partial charge on any atom is 0.310 e. The van der Waals surface area contributed by atoms with Crippen LogP contribution in [-0.2, 0) is 21.7 Å². The molecule has 6 N–H and O–H groups in total. The quantitative estimate of drug-likeness (QED) is 0.184. The van der Waals surface area contributed by atoms with E-state index in [9.17, 15) is 14.4 Å². The number of nitriles is 1. The van der Waals surface area contributed by atoms with Crippen molar-refractivity contribution in [3.8, 4) is 6.07 Å². The average molecular weight is 495 g/mol. The van der Waals surface area contributed by atoms with Crippen molar-refractivity contribution in [2.45, 2.75) is 24.9 Å². The number of nitrogens with one attached hydrogen (secondary N) is 4. The zero-order chi connectivity index (χ0) is 26.4. The van der Waals surface area contributed by atoms with Crippen molar-refractivity contribution in [2.75, 3.05) is 6.54 Å². The molecule has 0 spiro atoms. The molecular formula is C28H26N6O3. The molecule has 1 fully saturated rings. The van der Waals surface area contributed by atoms with Crippen molar-refractivity contribution in [1.29, 1.82) is 10.7 Å². The monoisotopic (exact) mass is 494 g/mol. The lowest BCUT2D eigenvalue weighted by Gasteiger charge is -2.22. The Bertz CT molecular complexity index is 1470. The summed E-state index contributed by atoms with van der Waals surface area (Å²) in [5, 5.41) is 26.1. The minimum Gasteiger partial charge on any atom is -0.404 e. The average Bonchev–Trinajstić information content (AvgIpc) is 3.70. The first-order chi connectivity index (χ1) is 17.9. The Morgan fingerprint density at radius 2 is 1.73 bits per heavy atom. The first kappa shape index (κ1) is 25.1. The molecule has 1 saturated carbocycles. The van der Waals surface area contributed by atoms with Crippen LogP contribution in [0.2, 0.25) is 0 Å². The number of rotatable bonds is 8. The lowest BCUT2D eigenvalue weighted by atomic mass is 9.91. The second-order valence-corrected chi connectivity index (χ2v) is 8.73. The number of benzene rings is 3. The maximum atomic E-state index is 13.5. The third-order valence-electron chi connectivity index (χ3n) is 6.38. The first-order valence-corrected chi connectivity index (χ1v) is 11.7. The predicted molar refractivity (Wildman–Crippen MR) is 140 cm³/mol. The van der Waals surface area contributed by atoms with Crippen molar-refractivity contribution >= 4 is 40.3 Å². The lowest BCUT2D eigenvalue weighted by molar-refractivity contribution is -0.139. The SMILES string of the molecule is N#CCNC(=O)C(=O)NCc1ccccc1C(=O)NC1(c2cc(C(C=N)=CN)cc3ccccc23)CC1. The van der Waals surface area contributed by atoms with Crippen LogP contribution in [-0.4, -0.2) is 30.5 Å². The number of nitrogens with two attached hydrogens (primary N) is 1. The second-order valence-electron chi connectivity index (χ2n) is 8.73. The molecule has 0 bridgehead atoms. The summed E-state index contributed by atoms with van der Waals surface area (Å²) in [5.74, 6) is -2.10. The van der Waals surface area contributed by atoms with Gasteiger partial charge in [0.1, 0.15) is 6.54 Å². The van der Waals surface area contributed by atoms with Gasteiger partial charge < -0.3 is 27.1 Å². The molecule has 4 rings (SSSR count). The molecule has 3 amide bonds. The Morgan fingerprint density at radius 1 is 1.03 bits per heavy atom. The molecule has 9 heteroatoms. The van der Waals surface area contributed by atoms with Gasteiger partial charge in [0, 0.05) is 30.1 Å². The molecule has 186 valence electrons. The standard InChI is InChI=1S/C28H26N6O3/c29-11-12-32-26(36)27(37)33-17-19-6-2-4-8-23(19)25(35)34-28(9-10-28)24-14-20(21(15-30)16-31)13-18-5-1-3-7-22(18)24/h1-8,13-16,30H,9-10,12,17,31H2,(H,32,36)(H,33,37)(H,34,35). The van der Waals surface area contributed by atoms with Crippen LogP contribution in [0.4, 0.5) is 0 Å². The van der Waals surface area contributed by atoms with Gasteiger partial charge in [-0.2, -0.15) is 5.26 Å². The topological polar surface area (TPSA) is 161 Å². The van der Waals surface area contributed by atoms with E-state index in [1.807, 2.05) is 36.4 Å². The van der Waals surface area contributed by atoms with Gasteiger partial charge in [0.2, 0.25) is 0 Å². The van der Waals surface area contributed by atoms with Gasteiger partial charge in [-0.15, -0.1) is 0 Å². The van der Waals surface area contributed by atoms with Gasteiger partial charge in [-0.05, 0) is 58.5 Å². The van der Waals surface area contributed by atoms with Gasteiger partial charge in [0.15, 0.2) is 0 Å². The van der Waals surface area contributed by atoms with E-state index in [2.05, 4.69) is 16.0 Å². The van der Waals surface area contributed by atoms with E-state index in [0.717, 1.165) is 34.7 Å². The van der Waals surface area contributed by atoms with E-state index in [4.69, 9.17) is 16.4 Å². The van der Waals surface area contributed by atoms with Crippen LogP contribution in [0, 0.1) is 16.7 Å². The fourth-order valence-electron chi connectivity index (χ4n) is 4.32. The number of allylic oxidation sites excluding steroid dienone is 1. The summed E-state index contributed by atoms with van der Waals surface area (Å²) in [6, 6.07) is 20.4. The van der Waals surface area contributed by atoms with Gasteiger partial charge >= 0.3 is 11.8 Å². The highest BCUT2D eigenvalue weighted by molar-refractivity contribution is 6.35. The molecule has 0 unspecified atom stereocenters. The van der Waals surface area contributed by atoms with Crippen LogP contribution in [0.15, 0.2) is 66.9 Å². The zero-order valence-corrected chi connectivity index (χ0v) is 20.0. The van der Waals surface area contributed by atoms with Crippen molar-refractivity contribution in [3.63, 3.8) is 0 Å². The Balaban J connectivity index is 1.60. The fourth-order valence-corrected chi connectivity index (χ4v) is 4.32. The van der Waals surface area contributed by atoms with Gasteiger partial charge in [0.25, 0.3) is 5.91 Å². The van der Waals surface area contributed by atoms with Crippen LogP contribution in [0.25, 0.3) is 16.3 Å². The number of amides is 3. The molecular weight excluding hydrogens is 468 g/mol. The number of nitrogens with zero attached hydrogens (tertiary/aromatic N) is 1. The van der Waals surface area contributed by atoms with E-state index >= 15 is 0 Å². The van der Waals surface area contributed by atoms with Gasteiger partial charge in [-0.3, -0.25) is 14.4 Å². The number of carbonyl (C=O) groups is 3. The maximum absolute atomic E-state index is 13.5. The van der Waals surface area contributed by atoms with Crippen molar-refractivity contribution < 1.29 is 14.4 Å². The Hall–Kier alpha value is -4.97. The molecule has 0 saturated heterocycles. The highest BCUT2D eigenvalue weighted by Crippen LogP contribution is 2.49. The highest BCUT2D eigenvalue weighted by atomic mass is 16.2. The van der Waals surface area contributed by atoms with Crippen LogP contribution in [0.3, 0.4) is 0 Å². The van der Waals surface area contributed by atoms with Gasteiger partial charge in [0.05, 0.1) is 11.6 Å². The summed E-state index contributed by atoms with van der Waals surface area (Å²) in [6.07, 6.45) is 4.09. The summed E-state index contributed by atoms with van der Waals surface area (Å²) in [6.45, 7) is -0.302. The minimum absolute atomic E-state index is 0.0300. The molecule has 9 nitrogen and oxygen atoms in total. The van der Waals surface area contributed by atoms with Crippen molar-refractivity contribution in [1.82, 2.24) is 16.0 Å². The molecule has 0 aliphatic heterocycles. The third-order valence-corrected chi connectivity index (χ3v) is 6.38. The normalized spacial score (nSPS) is 13.8. The van der Waals surface area contributed by atoms with Crippen LogP contribution in [0.5, 0.6) is 0 Å². The molecule has 1 aliphatic rings. The zero-order valence-electron chi connectivity index (χ0n) is 20.0. The summed E-state index contributed by atoms with van der Waals surface area (Å²) >= 11 is 0. The number of hydrogen-bond donors (Lipinski definition) is 5. The molecule has 1 aliphatic carbocycles. The van der Waals surface area contributed by atoms with E-state index in [1.54, 1.807) is 30.3 Å². The summed E-state index contributed by atoms with van der Waals surface area (Å²) in [7, 11) is 0. The highest BCUT2D eigenvalue weighted by Gasteiger charge is 2.47. The van der Waals surface area contributed by atoms with E-state index < -0.39 is 17.4 Å². The third kappa shape index (κ3) is 5.33. The first-order valence-electron chi connectivity index (χ1n) is 11.7. The summed E-state index contributed by atoms with van der Waals surface area (Å²) in [5.41, 5.74) is 8.43. The Morgan fingerprint density at radius 3 is 2.43 bits per heavy atom. The Kier molecular flexibility index (Phi) is 7.30. The molecule has 0 heterocycles. The molecule has 37 heavy (non-hydrogen) atoms. The minimum atomic E-state index is -0.914. The number of hydrogen-bond acceptors (Lipinski definition) is 6. The molecule has 0 atom stereocenters. The largest absolute Gasteiger partial charge is 0.404 e. The van der Waals surface area contributed by atoms with E-state index in [1.165, 1.54) is 12.4 Å². The second kappa shape index (κ2) is 10.7. The fraction of sp³-hybridized carbons (Fsp3) is 0.179. The van der Waals surface area contributed by atoms with Gasteiger partial charge in [-0.25, -0.2) is 0 Å². The lowest BCUT2D eigenvalue weighted by Crippen LogP contribution is -2.40. The van der Waals surface area contributed by atoms with Crippen LogP contribution < -0.4 is 21.7 Å². The van der Waals surface area contributed by atoms with E-state index in [-0.39, 0.29) is 19.0 Å². The molecule has 3 aromatic carbocycles. The summed E-state index contributed by atoms with van der Waals surface area (Å²) in [4.78, 5) is 37.2. The molecule has 3 aromatic rings. The molecule has 0 radical (unpaired) electrons. The summed E-state index contributed by atoms with van der Waals surface area (Å²) < 4.78 is 0. The van der Waals surface area contributed by atoms with E-state index in [0.29, 0.717) is 16.7 Å². The number of carbonyl (C=O) groups excluding carboxylic acids is 3. The smallest absolute Gasteiger partial charge is 0.310 e. The van der Waals surface area contributed by atoms with Crippen LogP contribution in [0.1, 0.15) is 39.9 Å². The number of fused-ring (bicyclic) bond motifs is 1. The predicted octanol–water partition coefficient (Wildman–Crippen LogP) is 2.46. The van der Waals surface area contributed by atoms with Crippen molar-refractivity contribution in [2.24, 2.45) is 5.73 Å². The van der Waals surface area contributed by atoms with Gasteiger partial charge in [-0.1, -0.05) is 42.5 Å². The van der Waals surface area contributed by atoms with Crippen LogP contribution >= 0.6 is 0 Å².